The van der Waals surface area contributed by atoms with Crippen LogP contribution in [0.25, 0.3) is 0 Å². The molecule has 0 bridgehead atoms. The standard InChI is InChI=1S/C20H20BrN3O2S/c1-3-26-16-9-7-15(8-10-16)23-19(25)17-12(2)22-20(27)24-18(17)13-5-4-6-14(21)11-13/h4-11,18H,3H2,1-2H3,(H,23,25)(H2,22,24,27). The van der Waals surface area contributed by atoms with Crippen molar-refractivity contribution in [3.63, 3.8) is 0 Å². The van der Waals surface area contributed by atoms with Crippen molar-refractivity contribution in [3.05, 3.63) is 69.8 Å². The molecule has 0 spiro atoms. The van der Waals surface area contributed by atoms with Crippen molar-refractivity contribution in [1.82, 2.24) is 10.6 Å². The summed E-state index contributed by atoms with van der Waals surface area (Å²) in [5.41, 5.74) is 2.97. The first-order valence-electron chi connectivity index (χ1n) is 8.56. The van der Waals surface area contributed by atoms with Crippen molar-refractivity contribution in [2.24, 2.45) is 0 Å². The quantitative estimate of drug-likeness (QED) is 0.599. The van der Waals surface area contributed by atoms with Crippen molar-refractivity contribution in [2.45, 2.75) is 19.9 Å². The molecule has 7 heteroatoms. The Balaban J connectivity index is 1.87. The van der Waals surface area contributed by atoms with Crippen molar-refractivity contribution in [2.75, 3.05) is 11.9 Å². The van der Waals surface area contributed by atoms with E-state index in [4.69, 9.17) is 17.0 Å². The number of halogens is 1. The summed E-state index contributed by atoms with van der Waals surface area (Å²) in [6.45, 7) is 4.38. The maximum atomic E-state index is 13.0. The van der Waals surface area contributed by atoms with E-state index in [1.807, 2.05) is 62.4 Å². The minimum atomic E-state index is -0.334. The predicted octanol–water partition coefficient (Wildman–Crippen LogP) is 4.28. The zero-order valence-corrected chi connectivity index (χ0v) is 17.4. The van der Waals surface area contributed by atoms with Gasteiger partial charge in [-0.25, -0.2) is 0 Å². The number of rotatable bonds is 5. The second kappa shape index (κ2) is 8.54. The minimum Gasteiger partial charge on any atom is -0.494 e. The summed E-state index contributed by atoms with van der Waals surface area (Å²) in [5, 5.41) is 9.69. The number of carbonyl (C=O) groups excluding carboxylic acids is 1. The number of carbonyl (C=O) groups is 1. The van der Waals surface area contributed by atoms with E-state index in [9.17, 15) is 4.79 Å². The van der Waals surface area contributed by atoms with Crippen molar-refractivity contribution in [1.29, 1.82) is 0 Å². The van der Waals surface area contributed by atoms with Crippen LogP contribution in [0.2, 0.25) is 0 Å². The Bertz CT molecular complexity index is 896. The van der Waals surface area contributed by atoms with Gasteiger partial charge in [-0.05, 0) is 68.0 Å². The summed E-state index contributed by atoms with van der Waals surface area (Å²) in [6, 6.07) is 14.8. The Labute approximate surface area is 172 Å². The van der Waals surface area contributed by atoms with Crippen LogP contribution in [-0.4, -0.2) is 17.6 Å². The van der Waals surface area contributed by atoms with Crippen LogP contribution in [0.4, 0.5) is 5.69 Å². The van der Waals surface area contributed by atoms with Crippen LogP contribution in [0.1, 0.15) is 25.5 Å². The number of hydrogen-bond acceptors (Lipinski definition) is 3. The molecule has 0 fully saturated rings. The Morgan fingerprint density at radius 2 is 2.00 bits per heavy atom. The zero-order valence-electron chi connectivity index (χ0n) is 15.0. The average molecular weight is 446 g/mol. The third-order valence-corrected chi connectivity index (χ3v) is 4.83. The van der Waals surface area contributed by atoms with Gasteiger partial charge < -0.3 is 20.7 Å². The molecule has 1 aliphatic heterocycles. The SMILES string of the molecule is CCOc1ccc(NC(=O)C2=C(C)NC(=S)NC2c2cccc(Br)c2)cc1. The molecule has 1 unspecified atom stereocenters. The van der Waals surface area contributed by atoms with E-state index in [2.05, 4.69) is 31.9 Å². The summed E-state index contributed by atoms with van der Waals surface area (Å²) in [6.07, 6.45) is 0. The molecule has 5 nitrogen and oxygen atoms in total. The number of ether oxygens (including phenoxy) is 1. The van der Waals surface area contributed by atoms with Gasteiger partial charge in [-0.15, -0.1) is 0 Å². The van der Waals surface area contributed by atoms with Gasteiger partial charge in [-0.3, -0.25) is 4.79 Å². The van der Waals surface area contributed by atoms with Crippen molar-refractivity contribution in [3.8, 4) is 5.75 Å². The van der Waals surface area contributed by atoms with Crippen LogP contribution in [0.5, 0.6) is 5.75 Å². The van der Waals surface area contributed by atoms with Gasteiger partial charge in [0, 0.05) is 15.9 Å². The van der Waals surface area contributed by atoms with E-state index in [0.29, 0.717) is 23.0 Å². The van der Waals surface area contributed by atoms with Gasteiger partial charge in [0.05, 0.1) is 18.2 Å². The molecular weight excluding hydrogens is 426 g/mol. The molecule has 1 aliphatic rings. The highest BCUT2D eigenvalue weighted by atomic mass is 79.9. The Kier molecular flexibility index (Phi) is 6.13. The van der Waals surface area contributed by atoms with Gasteiger partial charge >= 0.3 is 0 Å². The van der Waals surface area contributed by atoms with Crippen LogP contribution >= 0.6 is 28.1 Å². The molecule has 0 saturated heterocycles. The summed E-state index contributed by atoms with van der Waals surface area (Å²) < 4.78 is 6.38. The van der Waals surface area contributed by atoms with E-state index < -0.39 is 0 Å². The zero-order chi connectivity index (χ0) is 19.4. The van der Waals surface area contributed by atoms with Gasteiger partial charge in [0.2, 0.25) is 0 Å². The number of nitrogens with one attached hydrogen (secondary N) is 3. The molecule has 140 valence electrons. The molecule has 1 heterocycles. The van der Waals surface area contributed by atoms with Crippen LogP contribution in [0.3, 0.4) is 0 Å². The van der Waals surface area contributed by atoms with Crippen LogP contribution in [0.15, 0.2) is 64.3 Å². The molecule has 3 N–H and O–H groups in total. The lowest BCUT2D eigenvalue weighted by Crippen LogP contribution is -2.45. The summed E-state index contributed by atoms with van der Waals surface area (Å²) in [7, 11) is 0. The highest BCUT2D eigenvalue weighted by Crippen LogP contribution is 2.29. The van der Waals surface area contributed by atoms with E-state index in [1.54, 1.807) is 0 Å². The van der Waals surface area contributed by atoms with Gasteiger partial charge in [0.1, 0.15) is 5.75 Å². The highest BCUT2D eigenvalue weighted by Gasteiger charge is 2.30. The molecule has 3 rings (SSSR count). The fraction of sp³-hybridized carbons (Fsp3) is 0.200. The first kappa shape index (κ1) is 19.4. The third kappa shape index (κ3) is 4.67. The van der Waals surface area contributed by atoms with E-state index in [0.717, 1.165) is 21.5 Å². The monoisotopic (exact) mass is 445 g/mol. The Morgan fingerprint density at radius 3 is 2.67 bits per heavy atom. The van der Waals surface area contributed by atoms with Crippen molar-refractivity contribution < 1.29 is 9.53 Å². The van der Waals surface area contributed by atoms with Gasteiger partial charge in [-0.2, -0.15) is 0 Å². The molecule has 0 aliphatic carbocycles. The molecule has 0 saturated carbocycles. The molecule has 2 aromatic carbocycles. The second-order valence-electron chi connectivity index (χ2n) is 6.04. The topological polar surface area (TPSA) is 62.4 Å². The number of hydrogen-bond donors (Lipinski definition) is 3. The van der Waals surface area contributed by atoms with Crippen molar-refractivity contribution >= 4 is 44.9 Å². The number of benzene rings is 2. The molecular formula is C20H20BrN3O2S. The fourth-order valence-corrected chi connectivity index (χ4v) is 3.62. The lowest BCUT2D eigenvalue weighted by molar-refractivity contribution is -0.113. The fourth-order valence-electron chi connectivity index (χ4n) is 2.93. The molecule has 1 atom stereocenters. The molecule has 27 heavy (non-hydrogen) atoms. The van der Waals surface area contributed by atoms with Gasteiger partial charge in [-0.1, -0.05) is 28.1 Å². The minimum absolute atomic E-state index is 0.191. The molecule has 2 aromatic rings. The highest BCUT2D eigenvalue weighted by molar-refractivity contribution is 9.10. The van der Waals surface area contributed by atoms with Gasteiger partial charge in [0.15, 0.2) is 5.11 Å². The average Bonchev–Trinajstić information content (AvgIpc) is 2.63. The number of allylic oxidation sites excluding steroid dienone is 1. The second-order valence-corrected chi connectivity index (χ2v) is 7.36. The smallest absolute Gasteiger partial charge is 0.255 e. The first-order chi connectivity index (χ1) is 13.0. The lowest BCUT2D eigenvalue weighted by Gasteiger charge is -2.30. The largest absolute Gasteiger partial charge is 0.494 e. The Hall–Kier alpha value is -2.38. The predicted molar refractivity (Wildman–Crippen MR) is 115 cm³/mol. The molecule has 0 aromatic heterocycles. The molecule has 0 radical (unpaired) electrons. The van der Waals surface area contributed by atoms with Gasteiger partial charge in [0.25, 0.3) is 5.91 Å². The maximum absolute atomic E-state index is 13.0. The summed E-state index contributed by atoms with van der Waals surface area (Å²) in [5.74, 6) is 0.577. The van der Waals surface area contributed by atoms with Crippen LogP contribution < -0.4 is 20.7 Å². The number of anilines is 1. The Morgan fingerprint density at radius 1 is 1.26 bits per heavy atom. The maximum Gasteiger partial charge on any atom is 0.255 e. The van der Waals surface area contributed by atoms with Crippen LogP contribution in [-0.2, 0) is 4.79 Å². The molecule has 1 amide bonds. The summed E-state index contributed by atoms with van der Waals surface area (Å²) >= 11 is 8.77. The number of thiocarbonyl (C=S) groups is 1. The van der Waals surface area contributed by atoms with Crippen LogP contribution in [0, 0.1) is 0 Å². The lowest BCUT2D eigenvalue weighted by atomic mass is 9.95. The van der Waals surface area contributed by atoms with E-state index in [-0.39, 0.29) is 11.9 Å². The first-order valence-corrected chi connectivity index (χ1v) is 9.76. The normalized spacial score (nSPS) is 16.4. The summed E-state index contributed by atoms with van der Waals surface area (Å²) in [4.78, 5) is 13.0. The van der Waals surface area contributed by atoms with E-state index >= 15 is 0 Å². The number of amides is 1. The van der Waals surface area contributed by atoms with E-state index in [1.165, 1.54) is 0 Å². The third-order valence-electron chi connectivity index (χ3n) is 4.12.